The van der Waals surface area contributed by atoms with Crippen LogP contribution in [-0.2, 0) is 38.0 Å². The highest BCUT2D eigenvalue weighted by molar-refractivity contribution is 5.82. The molecule has 2 spiro atoms. The first-order chi connectivity index (χ1) is 18.9. The second-order valence-corrected chi connectivity index (χ2v) is 12.8. The summed E-state index contributed by atoms with van der Waals surface area (Å²) in [6.45, 7) is 7.54. The largest absolute Gasteiger partial charge is 0.463 e. The van der Waals surface area contributed by atoms with Crippen LogP contribution >= 0.6 is 0 Å². The summed E-state index contributed by atoms with van der Waals surface area (Å²) >= 11 is 0. The lowest BCUT2D eigenvalue weighted by Crippen LogP contribution is -2.71. The first-order valence-corrected chi connectivity index (χ1v) is 14.2. The van der Waals surface area contributed by atoms with Gasteiger partial charge in [0.05, 0.1) is 36.4 Å². The molecular weight excluding hydrogens is 524 g/mol. The quantitative estimate of drug-likeness (QED) is 0.302. The summed E-state index contributed by atoms with van der Waals surface area (Å²) in [4.78, 5) is 26.2. The van der Waals surface area contributed by atoms with Gasteiger partial charge in [0.15, 0.2) is 6.10 Å². The van der Waals surface area contributed by atoms with E-state index in [-0.39, 0.29) is 25.7 Å². The standard InChI is InChI=1S/C29H40O11/c1-15-9-10-35-17(16(2)30)7-5-6-8-21(32)38-19-11-20-29(14-37-29)27(19,4)28(13-36-25(34)22(15)33)12-18(31)26(3)23(40-26)24(28)39-20/h5-8,15-20,22-24,30-31,33H,9-14H2,1-4H3/b7-5+,8-6+. The zero-order chi connectivity index (χ0) is 28.7. The first-order valence-electron chi connectivity index (χ1n) is 14.2. The maximum Gasteiger partial charge on any atom is 0.335 e. The normalized spacial score (nSPS) is 54.6. The maximum absolute atomic E-state index is 13.2. The van der Waals surface area contributed by atoms with Gasteiger partial charge in [-0.3, -0.25) is 0 Å². The predicted octanol–water partition coefficient (Wildman–Crippen LogP) is 0.575. The Labute approximate surface area is 233 Å². The van der Waals surface area contributed by atoms with Crippen molar-refractivity contribution in [3.8, 4) is 0 Å². The van der Waals surface area contributed by atoms with E-state index in [0.717, 1.165) is 0 Å². The monoisotopic (exact) mass is 564 g/mol. The third-order valence-electron chi connectivity index (χ3n) is 10.7. The molecule has 40 heavy (non-hydrogen) atoms. The van der Waals surface area contributed by atoms with Crippen molar-refractivity contribution < 1.29 is 53.3 Å². The average Bonchev–Trinajstić information content (AvgIpc) is 3.82. The van der Waals surface area contributed by atoms with Gasteiger partial charge in [-0.05, 0) is 32.6 Å². The summed E-state index contributed by atoms with van der Waals surface area (Å²) in [6.07, 6.45) is 1.29. The molecule has 0 radical (unpaired) electrons. The van der Waals surface area contributed by atoms with Crippen molar-refractivity contribution in [1.82, 2.24) is 0 Å². The van der Waals surface area contributed by atoms with Gasteiger partial charge < -0.3 is 43.7 Å². The summed E-state index contributed by atoms with van der Waals surface area (Å²) in [6, 6.07) is 0. The van der Waals surface area contributed by atoms with Crippen LogP contribution in [0.1, 0.15) is 47.0 Å². The van der Waals surface area contributed by atoms with Gasteiger partial charge in [0.2, 0.25) is 0 Å². The molecule has 222 valence electrons. The lowest BCUT2D eigenvalue weighted by atomic mass is 9.49. The minimum absolute atomic E-state index is 0.172. The Kier molecular flexibility index (Phi) is 6.77. The Bertz CT molecular complexity index is 1100. The van der Waals surface area contributed by atoms with Crippen molar-refractivity contribution in [3.63, 3.8) is 0 Å². The predicted molar refractivity (Wildman–Crippen MR) is 137 cm³/mol. The van der Waals surface area contributed by atoms with Crippen molar-refractivity contribution >= 4 is 11.9 Å². The summed E-state index contributed by atoms with van der Waals surface area (Å²) in [5, 5.41) is 32.2. The number of rotatable bonds is 1. The Morgan fingerprint density at radius 2 is 1.82 bits per heavy atom. The molecular formula is C29H40O11. The van der Waals surface area contributed by atoms with Gasteiger partial charge in [0.1, 0.15) is 36.1 Å². The second kappa shape index (κ2) is 9.58. The number of aliphatic hydroxyl groups is 3. The molecule has 0 aromatic rings. The van der Waals surface area contributed by atoms with Gasteiger partial charge in [-0.1, -0.05) is 32.1 Å². The molecule has 13 atom stereocenters. The maximum atomic E-state index is 13.2. The topological polar surface area (TPSA) is 157 Å². The molecule has 13 unspecified atom stereocenters. The van der Waals surface area contributed by atoms with Crippen LogP contribution in [0.3, 0.4) is 0 Å². The fourth-order valence-corrected chi connectivity index (χ4v) is 7.77. The molecule has 2 saturated carbocycles. The highest BCUT2D eigenvalue weighted by Crippen LogP contribution is 2.75. The second-order valence-electron chi connectivity index (χ2n) is 12.8. The Hall–Kier alpha value is -1.86. The Balaban J connectivity index is 1.37. The summed E-state index contributed by atoms with van der Waals surface area (Å²) < 4.78 is 36.4. The Morgan fingerprint density at radius 1 is 1.07 bits per heavy atom. The average molecular weight is 565 g/mol. The van der Waals surface area contributed by atoms with Crippen LogP contribution in [0.2, 0.25) is 0 Å². The zero-order valence-corrected chi connectivity index (χ0v) is 23.4. The van der Waals surface area contributed by atoms with Crippen LogP contribution in [0, 0.1) is 16.7 Å². The molecule has 5 fully saturated rings. The first kappa shape index (κ1) is 28.3. The van der Waals surface area contributed by atoms with Crippen molar-refractivity contribution in [2.45, 2.75) is 107 Å². The van der Waals surface area contributed by atoms with Crippen LogP contribution < -0.4 is 0 Å². The molecule has 11 heteroatoms. The van der Waals surface area contributed by atoms with E-state index in [9.17, 15) is 24.9 Å². The molecule has 3 N–H and O–H groups in total. The minimum atomic E-state index is -1.41. The highest BCUT2D eigenvalue weighted by atomic mass is 16.7. The smallest absolute Gasteiger partial charge is 0.335 e. The van der Waals surface area contributed by atoms with Crippen LogP contribution in [0.5, 0.6) is 0 Å². The molecule has 0 amide bonds. The number of aliphatic hydroxyl groups excluding tert-OH is 3. The fraction of sp³-hybridized carbons (Fsp3) is 0.793. The highest BCUT2D eigenvalue weighted by Gasteiger charge is 2.87. The molecule has 2 aliphatic carbocycles. The number of cyclic esters (lactones) is 1. The van der Waals surface area contributed by atoms with E-state index in [1.165, 1.54) is 12.2 Å². The third-order valence-corrected chi connectivity index (χ3v) is 10.7. The molecule has 2 bridgehead atoms. The van der Waals surface area contributed by atoms with Gasteiger partial charge in [-0.2, -0.15) is 0 Å². The lowest BCUT2D eigenvalue weighted by Gasteiger charge is -2.59. The van der Waals surface area contributed by atoms with Gasteiger partial charge in [0.25, 0.3) is 0 Å². The van der Waals surface area contributed by atoms with Crippen molar-refractivity contribution in [3.05, 3.63) is 24.3 Å². The SMILES string of the molecule is CC(O)C1/C=C/C=C/C(=O)OC2CC3OC4C5OC5(C)C(O)CC4(COC(=O)C(O)C(C)CCO1)C2(C)C31CO1. The van der Waals surface area contributed by atoms with Crippen LogP contribution in [0.15, 0.2) is 24.3 Å². The van der Waals surface area contributed by atoms with E-state index in [1.807, 2.05) is 13.8 Å². The molecule has 4 heterocycles. The van der Waals surface area contributed by atoms with Gasteiger partial charge in [-0.25, -0.2) is 9.59 Å². The number of epoxide rings is 2. The molecule has 3 saturated heterocycles. The number of allylic oxidation sites excluding steroid dienone is 2. The van der Waals surface area contributed by atoms with E-state index in [4.69, 9.17) is 28.4 Å². The summed E-state index contributed by atoms with van der Waals surface area (Å²) in [5.41, 5.74) is -3.42. The zero-order valence-electron chi connectivity index (χ0n) is 23.4. The molecule has 0 aromatic carbocycles. The molecule has 4 aliphatic heterocycles. The van der Waals surface area contributed by atoms with Gasteiger partial charge >= 0.3 is 11.9 Å². The number of carbonyl (C=O) groups excluding carboxylic acids is 2. The van der Waals surface area contributed by atoms with Crippen LogP contribution in [0.4, 0.5) is 0 Å². The number of hydrogen-bond donors (Lipinski definition) is 3. The van der Waals surface area contributed by atoms with Crippen LogP contribution in [0.25, 0.3) is 0 Å². The van der Waals surface area contributed by atoms with E-state index < -0.39 is 82.6 Å². The summed E-state index contributed by atoms with van der Waals surface area (Å²) in [5.74, 6) is -1.84. The summed E-state index contributed by atoms with van der Waals surface area (Å²) in [7, 11) is 0. The van der Waals surface area contributed by atoms with Crippen molar-refractivity contribution in [2.75, 3.05) is 19.8 Å². The van der Waals surface area contributed by atoms with E-state index in [1.54, 1.807) is 26.0 Å². The molecule has 0 aromatic heterocycles. The van der Waals surface area contributed by atoms with Gasteiger partial charge in [0, 0.05) is 24.5 Å². The van der Waals surface area contributed by atoms with E-state index in [2.05, 4.69) is 0 Å². The number of ether oxygens (including phenoxy) is 6. The van der Waals surface area contributed by atoms with Crippen molar-refractivity contribution in [1.29, 1.82) is 0 Å². The Morgan fingerprint density at radius 3 is 2.52 bits per heavy atom. The number of esters is 2. The lowest BCUT2D eigenvalue weighted by molar-refractivity contribution is -0.261. The molecule has 6 rings (SSSR count). The molecule has 11 nitrogen and oxygen atoms in total. The number of fused-ring (bicyclic) bond motifs is 2. The van der Waals surface area contributed by atoms with E-state index >= 15 is 0 Å². The molecule has 6 aliphatic rings. The van der Waals surface area contributed by atoms with Gasteiger partial charge in [-0.15, -0.1) is 0 Å². The number of hydrogen-bond acceptors (Lipinski definition) is 11. The minimum Gasteiger partial charge on any atom is -0.463 e. The third kappa shape index (κ3) is 3.96. The van der Waals surface area contributed by atoms with E-state index in [0.29, 0.717) is 19.4 Å². The van der Waals surface area contributed by atoms with Crippen molar-refractivity contribution in [2.24, 2.45) is 16.7 Å². The fourth-order valence-electron chi connectivity index (χ4n) is 7.77. The van der Waals surface area contributed by atoms with Crippen LogP contribution in [-0.4, -0.2) is 107 Å². The number of carbonyl (C=O) groups is 2.